The van der Waals surface area contributed by atoms with Gasteiger partial charge in [0, 0.05) is 13.0 Å². The number of unbranched alkanes of at least 4 members (excludes halogenated alkanes) is 8. The van der Waals surface area contributed by atoms with Crippen LogP contribution in [0.5, 0.6) is 0 Å². The van der Waals surface area contributed by atoms with Crippen LogP contribution in [0.3, 0.4) is 0 Å². The maximum atomic E-state index is 11.6. The zero-order valence-electron chi connectivity index (χ0n) is 13.5. The molecule has 0 radical (unpaired) electrons. The molecule has 1 unspecified atom stereocenters. The number of alkyl halides is 1. The highest BCUT2D eigenvalue weighted by atomic mass is 79.9. The number of ether oxygens (including phenoxy) is 1. The van der Waals surface area contributed by atoms with Crippen LogP contribution in [0.1, 0.15) is 71.1 Å². The van der Waals surface area contributed by atoms with E-state index in [2.05, 4.69) is 32.9 Å². The Morgan fingerprint density at radius 1 is 1.00 bits per heavy atom. The Labute approximate surface area is 137 Å². The molecule has 21 heavy (non-hydrogen) atoms. The Bertz CT molecular complexity index is 285. The number of esters is 1. The van der Waals surface area contributed by atoms with Crippen LogP contribution in [0.4, 0.5) is 0 Å². The fourth-order valence-corrected chi connectivity index (χ4v) is 2.45. The van der Waals surface area contributed by atoms with Crippen LogP contribution < -0.4 is 5.32 Å². The summed E-state index contributed by atoms with van der Waals surface area (Å²) in [6, 6.07) is 0. The Balaban J connectivity index is 3.36. The largest absolute Gasteiger partial charge is 0.468 e. The van der Waals surface area contributed by atoms with E-state index in [-0.39, 0.29) is 18.4 Å². The van der Waals surface area contributed by atoms with Crippen LogP contribution in [0.2, 0.25) is 0 Å². The second kappa shape index (κ2) is 14.4. The van der Waals surface area contributed by atoms with E-state index in [1.165, 1.54) is 52.1 Å². The van der Waals surface area contributed by atoms with Crippen LogP contribution in [-0.4, -0.2) is 30.4 Å². The van der Waals surface area contributed by atoms with Crippen LogP contribution in [0.15, 0.2) is 0 Å². The standard InChI is InChI=1S/C16H30BrNO3/c1-3-4-5-6-7-8-9-10-11-12-15(19)18-13-14(17)16(20)21-2/h14H,3-13H2,1-2H3,(H,18,19). The minimum atomic E-state index is -0.463. The maximum Gasteiger partial charge on any atom is 0.321 e. The predicted octanol–water partition coefficient (Wildman–Crippen LogP) is 3.96. The van der Waals surface area contributed by atoms with Gasteiger partial charge in [-0.3, -0.25) is 9.59 Å². The average molecular weight is 364 g/mol. The van der Waals surface area contributed by atoms with Gasteiger partial charge in [-0.15, -0.1) is 0 Å². The van der Waals surface area contributed by atoms with Gasteiger partial charge in [0.25, 0.3) is 0 Å². The summed E-state index contributed by atoms with van der Waals surface area (Å²) in [7, 11) is 1.33. The summed E-state index contributed by atoms with van der Waals surface area (Å²) in [6.45, 7) is 2.51. The van der Waals surface area contributed by atoms with Crippen molar-refractivity contribution in [2.45, 2.75) is 76.0 Å². The van der Waals surface area contributed by atoms with E-state index < -0.39 is 4.83 Å². The van der Waals surface area contributed by atoms with Gasteiger partial charge in [-0.2, -0.15) is 0 Å². The van der Waals surface area contributed by atoms with E-state index in [4.69, 9.17) is 0 Å². The van der Waals surface area contributed by atoms with Gasteiger partial charge in [0.1, 0.15) is 4.83 Å². The van der Waals surface area contributed by atoms with Crippen molar-refractivity contribution in [2.24, 2.45) is 0 Å². The van der Waals surface area contributed by atoms with E-state index in [1.54, 1.807) is 0 Å². The molecule has 1 amide bonds. The third kappa shape index (κ3) is 12.8. The number of carbonyl (C=O) groups is 2. The van der Waals surface area contributed by atoms with Crippen molar-refractivity contribution in [1.29, 1.82) is 0 Å². The lowest BCUT2D eigenvalue weighted by atomic mass is 10.1. The number of amides is 1. The van der Waals surface area contributed by atoms with E-state index in [1.807, 2.05) is 0 Å². The molecule has 5 heteroatoms. The van der Waals surface area contributed by atoms with Crippen LogP contribution in [0.25, 0.3) is 0 Å². The number of halogens is 1. The molecule has 0 aliphatic rings. The fourth-order valence-electron chi connectivity index (χ4n) is 2.10. The third-order valence-corrected chi connectivity index (χ3v) is 4.14. The number of nitrogens with one attached hydrogen (secondary N) is 1. The minimum Gasteiger partial charge on any atom is -0.468 e. The van der Waals surface area contributed by atoms with Crippen molar-refractivity contribution >= 4 is 27.8 Å². The van der Waals surface area contributed by atoms with E-state index >= 15 is 0 Å². The maximum absolute atomic E-state index is 11.6. The van der Waals surface area contributed by atoms with E-state index in [0.29, 0.717) is 6.42 Å². The van der Waals surface area contributed by atoms with Gasteiger partial charge in [-0.05, 0) is 6.42 Å². The van der Waals surface area contributed by atoms with Crippen LogP contribution >= 0.6 is 15.9 Å². The fraction of sp³-hybridized carbons (Fsp3) is 0.875. The molecule has 0 heterocycles. The molecule has 124 valence electrons. The number of carbonyl (C=O) groups excluding carboxylic acids is 2. The summed E-state index contributed by atoms with van der Waals surface area (Å²) in [4.78, 5) is 22.2. The van der Waals surface area contributed by atoms with Crippen molar-refractivity contribution in [2.75, 3.05) is 13.7 Å². The summed E-state index contributed by atoms with van der Waals surface area (Å²) in [5, 5.41) is 2.74. The monoisotopic (exact) mass is 363 g/mol. The molecule has 4 nitrogen and oxygen atoms in total. The normalized spacial score (nSPS) is 12.0. The number of rotatable bonds is 13. The molecule has 0 aromatic heterocycles. The summed E-state index contributed by atoms with van der Waals surface area (Å²) in [5.41, 5.74) is 0. The summed E-state index contributed by atoms with van der Waals surface area (Å²) >= 11 is 3.17. The molecule has 0 aromatic rings. The minimum absolute atomic E-state index is 0.00583. The SMILES string of the molecule is CCCCCCCCCCCC(=O)NCC(Br)C(=O)OC. The first-order valence-electron chi connectivity index (χ1n) is 8.10. The lowest BCUT2D eigenvalue weighted by Gasteiger charge is -2.09. The molecule has 0 rings (SSSR count). The molecular weight excluding hydrogens is 334 g/mol. The highest BCUT2D eigenvalue weighted by molar-refractivity contribution is 9.10. The van der Waals surface area contributed by atoms with Crippen LogP contribution in [-0.2, 0) is 14.3 Å². The lowest BCUT2D eigenvalue weighted by molar-refractivity contribution is -0.139. The van der Waals surface area contributed by atoms with Gasteiger partial charge < -0.3 is 10.1 Å². The second-order valence-electron chi connectivity index (χ2n) is 5.37. The first kappa shape index (κ1) is 20.4. The Hall–Kier alpha value is -0.580. The summed E-state index contributed by atoms with van der Waals surface area (Å²) in [6.07, 6.45) is 11.7. The van der Waals surface area contributed by atoms with Crippen LogP contribution in [0, 0.1) is 0 Å². The van der Waals surface area contributed by atoms with Crippen molar-refractivity contribution < 1.29 is 14.3 Å². The molecule has 0 spiro atoms. The number of methoxy groups -OCH3 is 1. The molecule has 0 bridgehead atoms. The Kier molecular flexibility index (Phi) is 14.0. The quantitative estimate of drug-likeness (QED) is 0.306. The van der Waals surface area contributed by atoms with Gasteiger partial charge in [0.2, 0.25) is 5.91 Å². The highest BCUT2D eigenvalue weighted by Gasteiger charge is 2.15. The zero-order chi connectivity index (χ0) is 15.9. The number of hydrogen-bond donors (Lipinski definition) is 1. The first-order valence-corrected chi connectivity index (χ1v) is 9.02. The average Bonchev–Trinajstić information content (AvgIpc) is 2.50. The highest BCUT2D eigenvalue weighted by Crippen LogP contribution is 2.10. The molecule has 0 saturated heterocycles. The first-order chi connectivity index (χ1) is 10.1. The van der Waals surface area contributed by atoms with Crippen molar-refractivity contribution in [3.63, 3.8) is 0 Å². The molecule has 1 N–H and O–H groups in total. The van der Waals surface area contributed by atoms with Gasteiger partial charge in [0.15, 0.2) is 0 Å². The van der Waals surface area contributed by atoms with Gasteiger partial charge in [0.05, 0.1) is 7.11 Å². The third-order valence-electron chi connectivity index (χ3n) is 3.44. The van der Waals surface area contributed by atoms with Gasteiger partial charge in [-0.1, -0.05) is 74.2 Å². The molecule has 0 aliphatic heterocycles. The molecule has 0 aliphatic carbocycles. The molecule has 0 saturated carbocycles. The zero-order valence-corrected chi connectivity index (χ0v) is 15.0. The molecule has 1 atom stereocenters. The summed E-state index contributed by atoms with van der Waals surface area (Å²) in [5.74, 6) is -0.357. The van der Waals surface area contributed by atoms with E-state index in [0.717, 1.165) is 12.8 Å². The number of hydrogen-bond acceptors (Lipinski definition) is 3. The Morgan fingerprint density at radius 2 is 1.52 bits per heavy atom. The topological polar surface area (TPSA) is 55.4 Å². The van der Waals surface area contributed by atoms with Gasteiger partial charge >= 0.3 is 5.97 Å². The predicted molar refractivity (Wildman–Crippen MR) is 89.6 cm³/mol. The van der Waals surface area contributed by atoms with Gasteiger partial charge in [-0.25, -0.2) is 0 Å². The smallest absolute Gasteiger partial charge is 0.321 e. The van der Waals surface area contributed by atoms with Crippen molar-refractivity contribution in [1.82, 2.24) is 5.32 Å². The summed E-state index contributed by atoms with van der Waals surface area (Å²) < 4.78 is 4.57. The van der Waals surface area contributed by atoms with Crippen molar-refractivity contribution in [3.05, 3.63) is 0 Å². The Morgan fingerprint density at radius 3 is 2.05 bits per heavy atom. The lowest BCUT2D eigenvalue weighted by Crippen LogP contribution is -2.33. The molecule has 0 aromatic carbocycles. The molecular formula is C16H30BrNO3. The second-order valence-corrected chi connectivity index (χ2v) is 6.48. The van der Waals surface area contributed by atoms with E-state index in [9.17, 15) is 9.59 Å². The molecule has 0 fully saturated rings. The van der Waals surface area contributed by atoms with Crippen molar-refractivity contribution in [3.8, 4) is 0 Å².